The first-order valence-corrected chi connectivity index (χ1v) is 11.8. The Morgan fingerprint density at radius 2 is 1.24 bits per heavy atom. The van der Waals surface area contributed by atoms with Gasteiger partial charge in [0.1, 0.15) is 0 Å². The van der Waals surface area contributed by atoms with E-state index in [9.17, 15) is 9.59 Å². The van der Waals surface area contributed by atoms with Crippen molar-refractivity contribution < 1.29 is 9.59 Å². The van der Waals surface area contributed by atoms with Crippen LogP contribution in [0.2, 0.25) is 0 Å². The Labute approximate surface area is 197 Å². The molecule has 0 N–H and O–H groups in total. The minimum absolute atomic E-state index is 0.120. The summed E-state index contributed by atoms with van der Waals surface area (Å²) in [5.41, 5.74) is 4.51. The lowest BCUT2D eigenvalue weighted by molar-refractivity contribution is 0.0740. The number of Topliss-reactive ketones (excluding diaryl/α,β-unsaturated/α-hetero) is 2. The highest BCUT2D eigenvalue weighted by atomic mass is 16.1. The fourth-order valence-corrected chi connectivity index (χ4v) is 7.19. The maximum atomic E-state index is 14.5. The first-order chi connectivity index (χ1) is 16.7. The average Bonchev–Trinajstić information content (AvgIpc) is 3.46. The highest BCUT2D eigenvalue weighted by Crippen LogP contribution is 2.71. The fourth-order valence-electron chi connectivity index (χ4n) is 7.19. The minimum atomic E-state index is -0.815. The van der Waals surface area contributed by atoms with Gasteiger partial charge in [0.05, 0.1) is 5.41 Å². The highest BCUT2D eigenvalue weighted by molar-refractivity contribution is 6.10. The molecule has 2 aromatic heterocycles. The monoisotopic (exact) mass is 442 g/mol. The minimum Gasteiger partial charge on any atom is -0.294 e. The Kier molecular flexibility index (Phi) is 4.04. The van der Waals surface area contributed by atoms with E-state index in [1.807, 2.05) is 72.8 Å². The van der Waals surface area contributed by atoms with Crippen LogP contribution in [0.4, 0.5) is 0 Å². The molecule has 4 heteroatoms. The van der Waals surface area contributed by atoms with Crippen molar-refractivity contribution in [2.45, 2.75) is 24.2 Å². The molecule has 0 unspecified atom stereocenters. The first-order valence-electron chi connectivity index (χ1n) is 11.8. The molecule has 1 fully saturated rings. The summed E-state index contributed by atoms with van der Waals surface area (Å²) in [7, 11) is 0. The van der Waals surface area contributed by atoms with E-state index in [1.165, 1.54) is 0 Å². The van der Waals surface area contributed by atoms with Crippen LogP contribution in [0.1, 0.15) is 61.0 Å². The van der Waals surface area contributed by atoms with Crippen LogP contribution in [-0.2, 0) is 6.42 Å². The molecule has 1 saturated carbocycles. The van der Waals surface area contributed by atoms with Crippen molar-refractivity contribution in [3.05, 3.63) is 131 Å². The number of nitrogens with zero attached hydrogens (tertiary/aromatic N) is 2. The lowest BCUT2D eigenvalue weighted by Gasteiger charge is -2.37. The van der Waals surface area contributed by atoms with Gasteiger partial charge in [0.25, 0.3) is 0 Å². The smallest absolute Gasteiger partial charge is 0.171 e. The average molecular weight is 443 g/mol. The van der Waals surface area contributed by atoms with E-state index in [0.29, 0.717) is 6.42 Å². The first kappa shape index (κ1) is 19.5. The summed E-state index contributed by atoms with van der Waals surface area (Å²) in [5, 5.41) is 0. The van der Waals surface area contributed by atoms with Gasteiger partial charge in [0, 0.05) is 58.6 Å². The van der Waals surface area contributed by atoms with Gasteiger partial charge in [-0.2, -0.15) is 0 Å². The third-order valence-corrected chi connectivity index (χ3v) is 8.28. The summed E-state index contributed by atoms with van der Waals surface area (Å²) in [6.45, 7) is 0. The molecule has 0 saturated heterocycles. The Morgan fingerprint density at radius 1 is 0.647 bits per heavy atom. The Balaban J connectivity index is 1.56. The molecule has 7 rings (SSSR count). The Bertz CT molecular complexity index is 1450. The largest absolute Gasteiger partial charge is 0.294 e. The Morgan fingerprint density at radius 3 is 1.88 bits per heavy atom. The molecule has 3 aliphatic carbocycles. The number of aromatic nitrogens is 2. The SMILES string of the molecule is O=C1c2ccccc2[C@H]2[C@@H]1[C@H](c1ccccn1)[C@]1(Cc3ccccc3C1=O)[C@@H]2c1ccccn1. The van der Waals surface area contributed by atoms with Gasteiger partial charge in [0.2, 0.25) is 0 Å². The van der Waals surface area contributed by atoms with Crippen molar-refractivity contribution in [3.63, 3.8) is 0 Å². The molecular weight excluding hydrogens is 420 g/mol. The van der Waals surface area contributed by atoms with Crippen molar-refractivity contribution >= 4 is 11.6 Å². The molecule has 164 valence electrons. The summed E-state index contributed by atoms with van der Waals surface area (Å²) in [6, 6.07) is 27.5. The summed E-state index contributed by atoms with van der Waals surface area (Å²) in [4.78, 5) is 38.0. The summed E-state index contributed by atoms with van der Waals surface area (Å²) in [6.07, 6.45) is 4.15. The second kappa shape index (κ2) is 7.04. The van der Waals surface area contributed by atoms with Crippen molar-refractivity contribution in [1.82, 2.24) is 9.97 Å². The van der Waals surface area contributed by atoms with Crippen LogP contribution in [0.5, 0.6) is 0 Å². The zero-order valence-electron chi connectivity index (χ0n) is 18.5. The molecule has 4 nitrogen and oxygen atoms in total. The lowest BCUT2D eigenvalue weighted by atomic mass is 9.64. The van der Waals surface area contributed by atoms with Crippen LogP contribution in [0, 0.1) is 11.3 Å². The molecule has 34 heavy (non-hydrogen) atoms. The third-order valence-electron chi connectivity index (χ3n) is 8.28. The zero-order valence-corrected chi connectivity index (χ0v) is 18.5. The molecule has 4 aromatic rings. The van der Waals surface area contributed by atoms with Crippen molar-refractivity contribution in [3.8, 4) is 0 Å². The highest BCUT2D eigenvalue weighted by Gasteiger charge is 2.70. The number of pyridine rings is 2. The molecule has 2 aromatic carbocycles. The molecule has 3 aliphatic rings. The molecular formula is C30H22N2O2. The second-order valence-electron chi connectivity index (χ2n) is 9.67. The normalized spacial score (nSPS) is 28.7. The summed E-state index contributed by atoms with van der Waals surface area (Å²) >= 11 is 0. The van der Waals surface area contributed by atoms with E-state index < -0.39 is 5.41 Å². The van der Waals surface area contributed by atoms with Crippen LogP contribution in [0.25, 0.3) is 0 Å². The van der Waals surface area contributed by atoms with Crippen molar-refractivity contribution in [1.29, 1.82) is 0 Å². The van der Waals surface area contributed by atoms with Gasteiger partial charge in [-0.15, -0.1) is 0 Å². The van der Waals surface area contributed by atoms with Gasteiger partial charge in [-0.3, -0.25) is 19.6 Å². The van der Waals surface area contributed by atoms with Crippen LogP contribution in [0.15, 0.2) is 97.3 Å². The molecule has 2 heterocycles. The fraction of sp³-hybridized carbons (Fsp3) is 0.200. The number of hydrogen-bond donors (Lipinski definition) is 0. The Hall–Kier alpha value is -3.92. The molecule has 0 bridgehead atoms. The third kappa shape index (κ3) is 2.38. The van der Waals surface area contributed by atoms with Crippen LogP contribution in [-0.4, -0.2) is 21.5 Å². The van der Waals surface area contributed by atoms with E-state index in [-0.39, 0.29) is 35.2 Å². The van der Waals surface area contributed by atoms with Gasteiger partial charge in [0.15, 0.2) is 11.6 Å². The van der Waals surface area contributed by atoms with Gasteiger partial charge in [-0.05, 0) is 41.8 Å². The topological polar surface area (TPSA) is 59.9 Å². The lowest BCUT2D eigenvalue weighted by Crippen LogP contribution is -2.39. The molecule has 0 aliphatic heterocycles. The summed E-state index contributed by atoms with van der Waals surface area (Å²) in [5.74, 6) is -0.781. The van der Waals surface area contributed by atoms with Crippen molar-refractivity contribution in [2.75, 3.05) is 0 Å². The van der Waals surface area contributed by atoms with Gasteiger partial charge in [-0.25, -0.2) is 0 Å². The van der Waals surface area contributed by atoms with E-state index in [1.54, 1.807) is 12.4 Å². The molecule has 5 atom stereocenters. The number of ketones is 2. The van der Waals surface area contributed by atoms with Crippen LogP contribution < -0.4 is 0 Å². The number of hydrogen-bond acceptors (Lipinski definition) is 4. The van der Waals surface area contributed by atoms with Crippen LogP contribution >= 0.6 is 0 Å². The number of carbonyl (C=O) groups excluding carboxylic acids is 2. The van der Waals surface area contributed by atoms with Gasteiger partial charge in [-0.1, -0.05) is 60.7 Å². The van der Waals surface area contributed by atoms with E-state index in [2.05, 4.69) is 12.1 Å². The maximum Gasteiger partial charge on any atom is 0.171 e. The molecule has 0 radical (unpaired) electrons. The number of rotatable bonds is 2. The van der Waals surface area contributed by atoms with Gasteiger partial charge < -0.3 is 0 Å². The quantitative estimate of drug-likeness (QED) is 0.418. The predicted octanol–water partition coefficient (Wildman–Crippen LogP) is 5.38. The van der Waals surface area contributed by atoms with Crippen LogP contribution in [0.3, 0.4) is 0 Å². The number of carbonyl (C=O) groups is 2. The summed E-state index contributed by atoms with van der Waals surface area (Å²) < 4.78 is 0. The molecule has 0 amide bonds. The number of fused-ring (bicyclic) bond motifs is 4. The maximum absolute atomic E-state index is 14.5. The zero-order chi connectivity index (χ0) is 22.9. The van der Waals surface area contributed by atoms with Gasteiger partial charge >= 0.3 is 0 Å². The van der Waals surface area contributed by atoms with E-state index >= 15 is 0 Å². The number of benzene rings is 2. The van der Waals surface area contributed by atoms with Crippen molar-refractivity contribution in [2.24, 2.45) is 11.3 Å². The standard InChI is InChI=1S/C30H22N2O2/c33-28-21-12-4-3-11-20(21)24-25(28)27(23-14-6-8-16-32-23)30(26(24)22-13-5-7-15-31-22)17-18-9-1-2-10-19(18)29(30)34/h1-16,24-27H,17H2/t24-,25+,26+,27-,30-/m0/s1. The second-order valence-corrected chi connectivity index (χ2v) is 9.67. The molecule has 1 spiro atoms. The van der Waals surface area contributed by atoms with E-state index in [4.69, 9.17) is 9.97 Å². The predicted molar refractivity (Wildman–Crippen MR) is 128 cm³/mol. The van der Waals surface area contributed by atoms with E-state index in [0.717, 1.165) is 33.6 Å².